The molecule has 5 nitrogen and oxygen atoms in total. The quantitative estimate of drug-likeness (QED) is 0.674. The average Bonchev–Trinajstić information content (AvgIpc) is 3.36. The summed E-state index contributed by atoms with van der Waals surface area (Å²) in [6.07, 6.45) is 1.77. The number of nitrogens with one attached hydrogen (secondary N) is 1. The molecule has 0 aliphatic heterocycles. The van der Waals surface area contributed by atoms with Crippen LogP contribution in [-0.2, 0) is 5.41 Å². The molecule has 0 radical (unpaired) electrons. The predicted molar refractivity (Wildman–Crippen MR) is 82.7 cm³/mol. The summed E-state index contributed by atoms with van der Waals surface area (Å²) in [5.41, 5.74) is -0.353. The van der Waals surface area contributed by atoms with Crippen LogP contribution in [0.2, 0.25) is 0 Å². The van der Waals surface area contributed by atoms with Crippen LogP contribution in [0.3, 0.4) is 0 Å². The highest BCUT2D eigenvalue weighted by atomic mass is 19.2. The Labute approximate surface area is 136 Å². The topological polar surface area (TPSA) is 72.2 Å². The molecule has 1 saturated carbocycles. The molecular weight excluding hydrogens is 318 g/mol. The standard InChI is InChI=1S/C17H14F2N2O3/c18-13-8-12(15(21(23)24)9-14(13)19)16(22)20-10-17(6-7-17)11-4-2-1-3-5-11/h1-5,8-9H,6-7,10H2,(H,20,22). The van der Waals surface area contributed by atoms with E-state index >= 15 is 0 Å². The average molecular weight is 332 g/mol. The maximum absolute atomic E-state index is 13.4. The second-order valence-corrected chi connectivity index (χ2v) is 5.87. The van der Waals surface area contributed by atoms with Gasteiger partial charge in [0.25, 0.3) is 11.6 Å². The van der Waals surface area contributed by atoms with E-state index in [4.69, 9.17) is 0 Å². The van der Waals surface area contributed by atoms with Crippen LogP contribution in [0.5, 0.6) is 0 Å². The minimum atomic E-state index is -1.36. The third kappa shape index (κ3) is 2.97. The molecule has 0 bridgehead atoms. The molecule has 3 rings (SSSR count). The van der Waals surface area contributed by atoms with Gasteiger partial charge in [-0.1, -0.05) is 30.3 Å². The zero-order valence-electron chi connectivity index (χ0n) is 12.6. The lowest BCUT2D eigenvalue weighted by molar-refractivity contribution is -0.385. The number of carbonyl (C=O) groups excluding carboxylic acids is 1. The van der Waals surface area contributed by atoms with Gasteiger partial charge in [0.15, 0.2) is 11.6 Å². The molecule has 1 aliphatic rings. The molecule has 0 unspecified atom stereocenters. The van der Waals surface area contributed by atoms with E-state index in [9.17, 15) is 23.7 Å². The molecule has 1 fully saturated rings. The van der Waals surface area contributed by atoms with E-state index in [-0.39, 0.29) is 12.0 Å². The largest absolute Gasteiger partial charge is 0.351 e. The molecule has 1 amide bonds. The zero-order valence-corrected chi connectivity index (χ0v) is 12.6. The molecule has 1 aliphatic carbocycles. The summed E-state index contributed by atoms with van der Waals surface area (Å²) in [6.45, 7) is 0.284. The maximum Gasteiger partial charge on any atom is 0.285 e. The van der Waals surface area contributed by atoms with Crippen molar-refractivity contribution < 1.29 is 18.5 Å². The maximum atomic E-state index is 13.4. The van der Waals surface area contributed by atoms with E-state index in [0.29, 0.717) is 12.1 Å². The van der Waals surface area contributed by atoms with Gasteiger partial charge in [-0.15, -0.1) is 0 Å². The third-order valence-electron chi connectivity index (χ3n) is 4.31. The van der Waals surface area contributed by atoms with Crippen molar-refractivity contribution >= 4 is 11.6 Å². The van der Waals surface area contributed by atoms with Gasteiger partial charge in [-0.05, 0) is 24.5 Å². The minimum absolute atomic E-state index is 0.190. The highest BCUT2D eigenvalue weighted by molar-refractivity contribution is 5.98. The van der Waals surface area contributed by atoms with Crippen LogP contribution >= 0.6 is 0 Å². The molecule has 7 heteroatoms. The van der Waals surface area contributed by atoms with Crippen molar-refractivity contribution in [1.82, 2.24) is 5.32 Å². The highest BCUT2D eigenvalue weighted by Gasteiger charge is 2.44. The van der Waals surface area contributed by atoms with E-state index in [2.05, 4.69) is 5.32 Å². The first-order chi connectivity index (χ1) is 11.4. The monoisotopic (exact) mass is 332 g/mol. The molecular formula is C17H14F2N2O3. The van der Waals surface area contributed by atoms with Crippen LogP contribution in [0.15, 0.2) is 42.5 Å². The molecule has 124 valence electrons. The summed E-state index contributed by atoms with van der Waals surface area (Å²) in [4.78, 5) is 22.3. The molecule has 0 saturated heterocycles. The number of hydrogen-bond acceptors (Lipinski definition) is 3. The molecule has 0 heterocycles. The Morgan fingerprint density at radius 1 is 1.17 bits per heavy atom. The van der Waals surface area contributed by atoms with Gasteiger partial charge in [0.05, 0.1) is 11.0 Å². The molecule has 2 aromatic carbocycles. The van der Waals surface area contributed by atoms with Crippen LogP contribution in [-0.4, -0.2) is 17.4 Å². The SMILES string of the molecule is O=C(NCC1(c2ccccc2)CC1)c1cc(F)c(F)cc1[N+](=O)[O-]. The molecule has 0 aromatic heterocycles. The number of amides is 1. The molecule has 24 heavy (non-hydrogen) atoms. The lowest BCUT2D eigenvalue weighted by atomic mass is 9.96. The van der Waals surface area contributed by atoms with E-state index in [1.165, 1.54) is 0 Å². The Bertz CT molecular complexity index is 805. The fourth-order valence-corrected chi connectivity index (χ4v) is 2.72. The number of benzene rings is 2. The van der Waals surface area contributed by atoms with E-state index in [1.807, 2.05) is 30.3 Å². The van der Waals surface area contributed by atoms with Crippen molar-refractivity contribution in [3.63, 3.8) is 0 Å². The Kier molecular flexibility index (Phi) is 4.01. The van der Waals surface area contributed by atoms with Crippen LogP contribution in [0, 0.1) is 21.7 Å². The third-order valence-corrected chi connectivity index (χ3v) is 4.31. The number of carbonyl (C=O) groups is 1. The molecule has 0 atom stereocenters. The number of rotatable bonds is 5. The van der Waals surface area contributed by atoms with Gasteiger partial charge in [-0.2, -0.15) is 0 Å². The highest BCUT2D eigenvalue weighted by Crippen LogP contribution is 2.47. The van der Waals surface area contributed by atoms with Gasteiger partial charge >= 0.3 is 0 Å². The van der Waals surface area contributed by atoms with Crippen LogP contribution in [0.4, 0.5) is 14.5 Å². The first kappa shape index (κ1) is 16.0. The Hall–Kier alpha value is -2.83. The Morgan fingerprint density at radius 3 is 2.38 bits per heavy atom. The number of nitro groups is 1. The van der Waals surface area contributed by atoms with Crippen molar-refractivity contribution in [2.75, 3.05) is 6.54 Å². The summed E-state index contributed by atoms with van der Waals surface area (Å²) in [5, 5.41) is 13.6. The first-order valence-electron chi connectivity index (χ1n) is 7.40. The summed E-state index contributed by atoms with van der Waals surface area (Å²) >= 11 is 0. The van der Waals surface area contributed by atoms with Crippen LogP contribution in [0.25, 0.3) is 0 Å². The van der Waals surface area contributed by atoms with Gasteiger partial charge in [-0.3, -0.25) is 14.9 Å². The minimum Gasteiger partial charge on any atom is -0.351 e. The smallest absolute Gasteiger partial charge is 0.285 e. The van der Waals surface area contributed by atoms with Crippen molar-refractivity contribution in [2.24, 2.45) is 0 Å². The van der Waals surface area contributed by atoms with Crippen molar-refractivity contribution in [3.8, 4) is 0 Å². The Balaban J connectivity index is 1.79. The fourth-order valence-electron chi connectivity index (χ4n) is 2.72. The van der Waals surface area contributed by atoms with E-state index in [1.54, 1.807) is 0 Å². The summed E-state index contributed by atoms with van der Waals surface area (Å²) in [5.74, 6) is -3.45. The number of nitro benzene ring substituents is 1. The van der Waals surface area contributed by atoms with E-state index < -0.39 is 33.7 Å². The first-order valence-corrected chi connectivity index (χ1v) is 7.40. The number of halogens is 2. The molecule has 0 spiro atoms. The van der Waals surface area contributed by atoms with Crippen LogP contribution < -0.4 is 5.32 Å². The fraction of sp³-hybridized carbons (Fsp3) is 0.235. The second-order valence-electron chi connectivity index (χ2n) is 5.87. The van der Waals surface area contributed by atoms with Gasteiger partial charge in [0.2, 0.25) is 0 Å². The van der Waals surface area contributed by atoms with Crippen LogP contribution in [0.1, 0.15) is 28.8 Å². The second kappa shape index (κ2) is 5.99. The molecule has 2 aromatic rings. The van der Waals surface area contributed by atoms with Crippen molar-refractivity contribution in [2.45, 2.75) is 18.3 Å². The van der Waals surface area contributed by atoms with Gasteiger partial charge in [0.1, 0.15) is 5.56 Å². The Morgan fingerprint density at radius 2 is 1.79 bits per heavy atom. The van der Waals surface area contributed by atoms with Crippen molar-refractivity contribution in [1.29, 1.82) is 0 Å². The predicted octanol–water partition coefficient (Wildman–Crippen LogP) is 3.33. The van der Waals surface area contributed by atoms with Gasteiger partial charge in [0, 0.05) is 12.0 Å². The van der Waals surface area contributed by atoms with Crippen molar-refractivity contribution in [3.05, 3.63) is 75.3 Å². The summed E-state index contributed by atoms with van der Waals surface area (Å²) in [6, 6.07) is 10.6. The number of hydrogen-bond donors (Lipinski definition) is 1. The normalized spacial score (nSPS) is 14.9. The lowest BCUT2D eigenvalue weighted by Gasteiger charge is -2.16. The lowest BCUT2D eigenvalue weighted by Crippen LogP contribution is -2.32. The zero-order chi connectivity index (χ0) is 17.3. The van der Waals surface area contributed by atoms with Gasteiger partial charge < -0.3 is 5.32 Å². The summed E-state index contributed by atoms with van der Waals surface area (Å²) in [7, 11) is 0. The number of nitrogens with zero attached hydrogens (tertiary/aromatic N) is 1. The van der Waals surface area contributed by atoms with Gasteiger partial charge in [-0.25, -0.2) is 8.78 Å². The van der Waals surface area contributed by atoms with E-state index in [0.717, 1.165) is 18.4 Å². The summed E-state index contributed by atoms with van der Waals surface area (Å²) < 4.78 is 26.5. The molecule has 1 N–H and O–H groups in total.